The summed E-state index contributed by atoms with van der Waals surface area (Å²) in [4.78, 5) is 34.8. The molecule has 0 radical (unpaired) electrons. The molecule has 0 spiro atoms. The van der Waals surface area contributed by atoms with Gasteiger partial charge in [0.2, 0.25) is 5.91 Å². The summed E-state index contributed by atoms with van der Waals surface area (Å²) < 4.78 is 0. The van der Waals surface area contributed by atoms with Gasteiger partial charge in [0.25, 0.3) is 5.91 Å². The average molecular weight is 254 g/mol. The van der Waals surface area contributed by atoms with Crippen LogP contribution in [0.25, 0.3) is 0 Å². The molecule has 1 unspecified atom stereocenters. The Morgan fingerprint density at radius 3 is 2.53 bits per heavy atom. The van der Waals surface area contributed by atoms with Crippen molar-refractivity contribution in [3.8, 4) is 0 Å². The molecule has 0 saturated carbocycles. The van der Waals surface area contributed by atoms with Gasteiger partial charge in [-0.3, -0.25) is 14.8 Å². The third-order valence-electron chi connectivity index (χ3n) is 2.69. The molecule has 0 aromatic heterocycles. The first kappa shape index (κ1) is 16.4. The predicted octanol–water partition coefficient (Wildman–Crippen LogP) is -3.68. The molecule has 7 nitrogen and oxygen atoms in total. The average Bonchev–Trinajstić information content (AvgIpc) is 2.74. The van der Waals surface area contributed by atoms with Crippen LogP contribution >= 0.6 is 0 Å². The van der Waals surface area contributed by atoms with E-state index in [-0.39, 0.29) is 31.0 Å². The first-order chi connectivity index (χ1) is 7.49. The van der Waals surface area contributed by atoms with Gasteiger partial charge in [0.05, 0.1) is 0 Å². The van der Waals surface area contributed by atoms with Crippen LogP contribution < -0.4 is 35.0 Å². The van der Waals surface area contributed by atoms with Crippen molar-refractivity contribution >= 4 is 17.8 Å². The van der Waals surface area contributed by atoms with E-state index in [0.29, 0.717) is 19.4 Å². The number of carbonyl (C=O) groups is 3. The van der Waals surface area contributed by atoms with Gasteiger partial charge in [0.15, 0.2) is 0 Å². The molecular formula is C9H15N2NaO5. The molecule has 0 aromatic rings. The molecule has 1 aliphatic rings. The second-order valence-corrected chi connectivity index (χ2v) is 3.73. The number of likely N-dealkylation sites (tertiary alicyclic amines) is 1. The molecule has 1 fully saturated rings. The fraction of sp³-hybridized carbons (Fsp3) is 0.667. The number of carboxylic acid groups (broad SMARTS) is 1. The minimum Gasteiger partial charge on any atom is -1.00 e. The molecule has 1 aliphatic heterocycles. The second kappa shape index (κ2) is 6.95. The van der Waals surface area contributed by atoms with E-state index < -0.39 is 29.7 Å². The maximum Gasteiger partial charge on any atom is 1.00 e. The standard InChI is InChI=1S/C9H14N2O5.Na.H/c1-5(7(12)10-16)8(13)11-4-2-3-6(11)9(14)15;;/h5-6,16H,2-4H2,1H3,(H,10,12)(H,14,15);;/q;+1;-1/t5?,6-;;/m0../s1. The number of hydroxylamine groups is 1. The Hall–Kier alpha value is -0.630. The zero-order valence-electron chi connectivity index (χ0n) is 10.8. The van der Waals surface area contributed by atoms with Crippen molar-refractivity contribution in [2.45, 2.75) is 25.8 Å². The third-order valence-corrected chi connectivity index (χ3v) is 2.69. The normalized spacial score (nSPS) is 20.4. The fourth-order valence-corrected chi connectivity index (χ4v) is 1.74. The number of hydrogen-bond acceptors (Lipinski definition) is 4. The molecule has 0 aromatic carbocycles. The SMILES string of the molecule is CC(C(=O)NO)C(=O)N1CCC[C@H]1C(=O)O.[H-].[Na+]. The van der Waals surface area contributed by atoms with Crippen LogP contribution in [0, 0.1) is 5.92 Å². The Morgan fingerprint density at radius 1 is 1.47 bits per heavy atom. The van der Waals surface area contributed by atoms with Gasteiger partial charge in [0.1, 0.15) is 12.0 Å². The Morgan fingerprint density at radius 2 is 2.06 bits per heavy atom. The monoisotopic (exact) mass is 254 g/mol. The summed E-state index contributed by atoms with van der Waals surface area (Å²) >= 11 is 0. The second-order valence-electron chi connectivity index (χ2n) is 3.73. The zero-order valence-corrected chi connectivity index (χ0v) is 11.8. The number of carbonyl (C=O) groups excluding carboxylic acids is 2. The Bertz CT molecular complexity index is 328. The quantitative estimate of drug-likeness (QED) is 0.208. The third kappa shape index (κ3) is 3.67. The van der Waals surface area contributed by atoms with Crippen LogP contribution in [0.2, 0.25) is 0 Å². The first-order valence-electron chi connectivity index (χ1n) is 4.96. The van der Waals surface area contributed by atoms with Crippen LogP contribution in [-0.2, 0) is 14.4 Å². The number of aliphatic carboxylic acids is 1. The summed E-state index contributed by atoms with van der Waals surface area (Å²) in [5.41, 5.74) is 1.38. The molecule has 1 rings (SSSR count). The summed E-state index contributed by atoms with van der Waals surface area (Å²) in [5.74, 6) is -3.55. The Balaban J connectivity index is 0. The van der Waals surface area contributed by atoms with E-state index in [4.69, 9.17) is 10.3 Å². The van der Waals surface area contributed by atoms with E-state index in [1.165, 1.54) is 17.3 Å². The summed E-state index contributed by atoms with van der Waals surface area (Å²) in [6.45, 7) is 1.66. The van der Waals surface area contributed by atoms with Gasteiger partial charge in [-0.25, -0.2) is 10.3 Å². The van der Waals surface area contributed by atoms with E-state index >= 15 is 0 Å². The van der Waals surface area contributed by atoms with Gasteiger partial charge >= 0.3 is 35.5 Å². The van der Waals surface area contributed by atoms with E-state index in [1.54, 1.807) is 0 Å². The van der Waals surface area contributed by atoms with Gasteiger partial charge in [-0.2, -0.15) is 0 Å². The van der Waals surface area contributed by atoms with Gasteiger partial charge in [0, 0.05) is 6.54 Å². The van der Waals surface area contributed by atoms with Crippen LogP contribution in [0.15, 0.2) is 0 Å². The number of nitrogens with zero attached hydrogens (tertiary/aromatic N) is 1. The molecule has 1 heterocycles. The topological polar surface area (TPSA) is 107 Å². The molecule has 17 heavy (non-hydrogen) atoms. The van der Waals surface area contributed by atoms with Gasteiger partial charge < -0.3 is 11.4 Å². The Kier molecular flexibility index (Phi) is 6.69. The molecule has 0 aliphatic carbocycles. The molecule has 0 bridgehead atoms. The number of carboxylic acids is 1. The minimum atomic E-state index is -1.08. The molecule has 2 atom stereocenters. The fourth-order valence-electron chi connectivity index (χ4n) is 1.74. The van der Waals surface area contributed by atoms with Gasteiger partial charge in [-0.05, 0) is 19.8 Å². The van der Waals surface area contributed by atoms with Crippen LogP contribution in [0.4, 0.5) is 0 Å². The van der Waals surface area contributed by atoms with Crippen molar-refractivity contribution in [2.75, 3.05) is 6.54 Å². The minimum absolute atomic E-state index is 0. The van der Waals surface area contributed by atoms with Crippen molar-refractivity contribution in [1.29, 1.82) is 0 Å². The molecule has 1 saturated heterocycles. The van der Waals surface area contributed by atoms with Crippen LogP contribution in [0.5, 0.6) is 0 Å². The van der Waals surface area contributed by atoms with Crippen molar-refractivity contribution in [2.24, 2.45) is 5.92 Å². The molecule has 2 amide bonds. The number of nitrogens with one attached hydrogen (secondary N) is 1. The maximum atomic E-state index is 11.8. The smallest absolute Gasteiger partial charge is 1.00 e. The van der Waals surface area contributed by atoms with Crippen LogP contribution in [-0.4, -0.2) is 45.6 Å². The van der Waals surface area contributed by atoms with E-state index in [0.717, 1.165) is 0 Å². The number of amides is 2. The summed E-state index contributed by atoms with van der Waals surface area (Å²) in [6, 6.07) is -0.860. The van der Waals surface area contributed by atoms with Gasteiger partial charge in [-0.1, -0.05) is 0 Å². The molecular weight excluding hydrogens is 239 g/mol. The van der Waals surface area contributed by atoms with Crippen LogP contribution in [0.1, 0.15) is 21.2 Å². The van der Waals surface area contributed by atoms with Crippen molar-refractivity contribution in [1.82, 2.24) is 10.4 Å². The summed E-state index contributed by atoms with van der Waals surface area (Å²) in [7, 11) is 0. The van der Waals surface area contributed by atoms with Crippen molar-refractivity contribution in [3.63, 3.8) is 0 Å². The molecule has 3 N–H and O–H groups in total. The Labute approximate surface area is 122 Å². The first-order valence-corrected chi connectivity index (χ1v) is 4.96. The summed E-state index contributed by atoms with van der Waals surface area (Å²) in [5, 5.41) is 17.3. The van der Waals surface area contributed by atoms with E-state index in [1.807, 2.05) is 0 Å². The molecule has 8 heteroatoms. The number of rotatable bonds is 3. The zero-order chi connectivity index (χ0) is 12.3. The largest absolute Gasteiger partial charge is 1.00 e. The van der Waals surface area contributed by atoms with E-state index in [9.17, 15) is 14.4 Å². The number of hydrogen-bond donors (Lipinski definition) is 3. The summed E-state index contributed by atoms with van der Waals surface area (Å²) in [6.07, 6.45) is 1.00. The van der Waals surface area contributed by atoms with Crippen molar-refractivity contribution < 1.29 is 55.7 Å². The van der Waals surface area contributed by atoms with Crippen LogP contribution in [0.3, 0.4) is 0 Å². The maximum absolute atomic E-state index is 11.8. The van der Waals surface area contributed by atoms with Crippen molar-refractivity contribution in [3.05, 3.63) is 0 Å². The van der Waals surface area contributed by atoms with E-state index in [2.05, 4.69) is 0 Å². The van der Waals surface area contributed by atoms with Gasteiger partial charge in [-0.15, -0.1) is 0 Å². The molecule has 92 valence electrons. The predicted molar refractivity (Wildman–Crippen MR) is 52.6 cm³/mol.